The monoisotopic (exact) mass is 506 g/mol. The minimum absolute atomic E-state index is 0.802. The van der Waals surface area contributed by atoms with Crippen molar-refractivity contribution >= 4 is 11.1 Å². The molecule has 6 nitrogen and oxygen atoms in total. The van der Waals surface area contributed by atoms with Gasteiger partial charge in [0.05, 0.1) is 12.4 Å². The van der Waals surface area contributed by atoms with E-state index >= 15 is 0 Å². The zero-order chi connectivity index (χ0) is 26.4. The molecule has 2 heterocycles. The van der Waals surface area contributed by atoms with E-state index in [2.05, 4.69) is 98.8 Å². The molecule has 4 aromatic carbocycles. The zero-order valence-electron chi connectivity index (χ0n) is 21.7. The van der Waals surface area contributed by atoms with E-state index in [-0.39, 0.29) is 0 Å². The van der Waals surface area contributed by atoms with Gasteiger partial charge in [0.15, 0.2) is 0 Å². The maximum absolute atomic E-state index is 5.04. The predicted octanol–water partition coefficient (Wildman–Crippen LogP) is 6.65. The van der Waals surface area contributed by atoms with Gasteiger partial charge in [0.25, 0.3) is 0 Å². The predicted molar refractivity (Wildman–Crippen MR) is 153 cm³/mol. The fourth-order valence-electron chi connectivity index (χ4n) is 5.35. The molecular formula is C33H26N6. The summed E-state index contributed by atoms with van der Waals surface area (Å²) in [7, 11) is 0. The first-order chi connectivity index (χ1) is 19.1. The maximum Gasteiger partial charge on any atom is 0.244 e. The molecule has 6 aromatic rings. The second kappa shape index (κ2) is 9.03. The van der Waals surface area contributed by atoms with Crippen molar-refractivity contribution in [1.29, 1.82) is 0 Å². The lowest BCUT2D eigenvalue weighted by Crippen LogP contribution is -2.35. The van der Waals surface area contributed by atoms with Gasteiger partial charge in [0, 0.05) is 22.3 Å². The summed E-state index contributed by atoms with van der Waals surface area (Å²) in [5, 5.41) is 19.8. The molecule has 188 valence electrons. The molecule has 0 fully saturated rings. The largest absolute Gasteiger partial charge is 0.244 e. The van der Waals surface area contributed by atoms with Crippen molar-refractivity contribution in [3.63, 3.8) is 0 Å². The topological polar surface area (TPSA) is 61.4 Å². The molecule has 0 bridgehead atoms. The maximum atomic E-state index is 5.04. The molecule has 1 aliphatic carbocycles. The molecule has 0 saturated carbocycles. The second-order valence-electron chi connectivity index (χ2n) is 9.93. The third-order valence-electron chi connectivity index (χ3n) is 7.20. The molecule has 7 rings (SSSR count). The number of hydrogen-bond donors (Lipinski definition) is 0. The molecule has 2 aromatic heterocycles. The van der Waals surface area contributed by atoms with Crippen LogP contribution in [-0.2, 0) is 5.66 Å². The van der Waals surface area contributed by atoms with E-state index in [1.54, 1.807) is 9.59 Å². The summed E-state index contributed by atoms with van der Waals surface area (Å²) in [6.07, 6.45) is 3.65. The van der Waals surface area contributed by atoms with Crippen LogP contribution in [-0.4, -0.2) is 30.0 Å². The standard InChI is InChI=1S/C33H26N6/c1-23-11-9-17-27(19-23)29-21-34-38(36-29)33(39-35-22-30(37-39)28-18-10-12-24(2)20-28)31(25-13-5-3-6-14-25)32(33)26-15-7-4-8-16-26/h3-22H,1-2H3. The molecule has 0 saturated heterocycles. The van der Waals surface area contributed by atoms with Gasteiger partial charge in [0.2, 0.25) is 5.66 Å². The van der Waals surface area contributed by atoms with Crippen LogP contribution >= 0.6 is 0 Å². The Morgan fingerprint density at radius 2 is 0.897 bits per heavy atom. The minimum Gasteiger partial charge on any atom is -0.158 e. The highest BCUT2D eigenvalue weighted by molar-refractivity contribution is 6.16. The first kappa shape index (κ1) is 23.0. The summed E-state index contributed by atoms with van der Waals surface area (Å²) in [6, 6.07) is 37.4. The first-order valence-corrected chi connectivity index (χ1v) is 13.0. The van der Waals surface area contributed by atoms with Gasteiger partial charge < -0.3 is 0 Å². The molecule has 0 amide bonds. The highest BCUT2D eigenvalue weighted by atomic mass is 15.7. The van der Waals surface area contributed by atoms with Crippen LogP contribution in [0, 0.1) is 13.8 Å². The summed E-state index contributed by atoms with van der Waals surface area (Å²) in [5.74, 6) is 0. The van der Waals surface area contributed by atoms with Crippen molar-refractivity contribution < 1.29 is 0 Å². The van der Waals surface area contributed by atoms with Crippen molar-refractivity contribution in [2.24, 2.45) is 0 Å². The van der Waals surface area contributed by atoms with E-state index in [1.165, 1.54) is 11.1 Å². The quantitative estimate of drug-likeness (QED) is 0.254. The van der Waals surface area contributed by atoms with E-state index < -0.39 is 5.66 Å². The summed E-state index contributed by atoms with van der Waals surface area (Å²) in [6.45, 7) is 4.17. The molecule has 0 spiro atoms. The third-order valence-corrected chi connectivity index (χ3v) is 7.20. The molecule has 0 radical (unpaired) electrons. The molecular weight excluding hydrogens is 480 g/mol. The summed E-state index contributed by atoms with van der Waals surface area (Å²) in [5.41, 5.74) is 9.40. The average Bonchev–Trinajstić information content (AvgIpc) is 3.29. The Bertz CT molecular complexity index is 1690. The first-order valence-electron chi connectivity index (χ1n) is 13.0. The Balaban J connectivity index is 1.44. The number of aryl methyl sites for hydroxylation is 2. The van der Waals surface area contributed by atoms with Gasteiger partial charge >= 0.3 is 0 Å². The summed E-state index contributed by atoms with van der Waals surface area (Å²) < 4.78 is 0. The zero-order valence-corrected chi connectivity index (χ0v) is 21.7. The lowest BCUT2D eigenvalue weighted by atomic mass is 10.1. The van der Waals surface area contributed by atoms with Crippen LogP contribution in [0.3, 0.4) is 0 Å². The molecule has 0 unspecified atom stereocenters. The highest BCUT2D eigenvalue weighted by Gasteiger charge is 2.62. The third kappa shape index (κ3) is 3.80. The average molecular weight is 507 g/mol. The van der Waals surface area contributed by atoms with Gasteiger partial charge in [-0.05, 0) is 37.1 Å². The number of nitrogens with zero attached hydrogens (tertiary/aromatic N) is 6. The molecule has 0 atom stereocenters. The molecule has 1 aliphatic rings. The molecule has 39 heavy (non-hydrogen) atoms. The van der Waals surface area contributed by atoms with E-state index in [9.17, 15) is 0 Å². The van der Waals surface area contributed by atoms with E-state index in [1.807, 2.05) is 36.7 Å². The van der Waals surface area contributed by atoms with Gasteiger partial charge in [-0.25, -0.2) is 0 Å². The Kier molecular flexibility index (Phi) is 5.33. The van der Waals surface area contributed by atoms with Gasteiger partial charge in [-0.15, -0.1) is 9.59 Å². The minimum atomic E-state index is -0.910. The lowest BCUT2D eigenvalue weighted by Gasteiger charge is -2.19. The summed E-state index contributed by atoms with van der Waals surface area (Å²) in [4.78, 5) is 3.55. The SMILES string of the molecule is Cc1cccc(-c2cnn(C3(n4ncc(-c5cccc(C)c5)n4)C(c4ccccc4)=C3c3ccccc3)n2)c1. The van der Waals surface area contributed by atoms with E-state index in [4.69, 9.17) is 20.4 Å². The fourth-order valence-corrected chi connectivity index (χ4v) is 5.35. The fraction of sp³-hybridized carbons (Fsp3) is 0.0909. The number of benzene rings is 4. The molecule has 6 heteroatoms. The number of allylic oxidation sites excluding steroid dienone is 2. The van der Waals surface area contributed by atoms with E-state index in [0.29, 0.717) is 0 Å². The van der Waals surface area contributed by atoms with Gasteiger partial charge in [-0.3, -0.25) is 0 Å². The van der Waals surface area contributed by atoms with Crippen LogP contribution in [0.25, 0.3) is 33.7 Å². The Morgan fingerprint density at radius 1 is 0.487 bits per heavy atom. The van der Waals surface area contributed by atoms with Crippen LogP contribution in [0.15, 0.2) is 122 Å². The molecule has 0 aliphatic heterocycles. The van der Waals surface area contributed by atoms with Crippen LogP contribution < -0.4 is 0 Å². The number of aromatic nitrogens is 6. The summed E-state index contributed by atoms with van der Waals surface area (Å²) >= 11 is 0. The normalized spacial score (nSPS) is 14.0. The van der Waals surface area contributed by atoms with Crippen LogP contribution in [0.1, 0.15) is 22.3 Å². The Hall–Kier alpha value is -5.10. The smallest absolute Gasteiger partial charge is 0.158 e. The molecule has 0 N–H and O–H groups in total. The second-order valence-corrected chi connectivity index (χ2v) is 9.93. The number of rotatable bonds is 6. The Labute approximate surface area is 226 Å². The lowest BCUT2D eigenvalue weighted by molar-refractivity contribution is 0.316. The Morgan fingerprint density at radius 3 is 1.31 bits per heavy atom. The highest BCUT2D eigenvalue weighted by Crippen LogP contribution is 2.61. The van der Waals surface area contributed by atoms with Crippen molar-refractivity contribution in [2.45, 2.75) is 19.5 Å². The van der Waals surface area contributed by atoms with Gasteiger partial charge in [-0.2, -0.15) is 20.4 Å². The van der Waals surface area contributed by atoms with Crippen molar-refractivity contribution in [2.75, 3.05) is 0 Å². The van der Waals surface area contributed by atoms with Crippen molar-refractivity contribution in [3.8, 4) is 22.5 Å². The van der Waals surface area contributed by atoms with Crippen LogP contribution in [0.4, 0.5) is 0 Å². The number of hydrogen-bond acceptors (Lipinski definition) is 4. The van der Waals surface area contributed by atoms with Gasteiger partial charge in [0.1, 0.15) is 11.4 Å². The van der Waals surface area contributed by atoms with Crippen molar-refractivity contribution in [1.82, 2.24) is 30.0 Å². The van der Waals surface area contributed by atoms with E-state index in [0.717, 1.165) is 44.8 Å². The van der Waals surface area contributed by atoms with Crippen LogP contribution in [0.5, 0.6) is 0 Å². The van der Waals surface area contributed by atoms with Gasteiger partial charge in [-0.1, -0.05) is 108 Å². The van der Waals surface area contributed by atoms with Crippen molar-refractivity contribution in [3.05, 3.63) is 144 Å². The van der Waals surface area contributed by atoms with Crippen LogP contribution in [0.2, 0.25) is 0 Å².